The smallest absolute Gasteiger partial charge is 0.134 e. The Morgan fingerprint density at radius 2 is 1.57 bits per heavy atom. The zero-order valence-corrected chi connectivity index (χ0v) is 13.8. The quantitative estimate of drug-likeness (QED) is 0.841. The maximum atomic E-state index is 4.63. The van der Waals surface area contributed by atoms with Crippen LogP contribution in [0.25, 0.3) is 0 Å². The molecule has 0 atom stereocenters. The van der Waals surface area contributed by atoms with Crippen LogP contribution in [0, 0.1) is 13.8 Å². The Kier molecular flexibility index (Phi) is 6.27. The molecule has 0 aliphatic heterocycles. The zero-order valence-electron chi connectivity index (χ0n) is 13.8. The predicted octanol–water partition coefficient (Wildman–Crippen LogP) is 4.44. The van der Waals surface area contributed by atoms with Crippen molar-refractivity contribution in [2.75, 3.05) is 17.2 Å². The number of hydrogen-bond donors (Lipinski definition) is 2. The van der Waals surface area contributed by atoms with Crippen LogP contribution in [-0.2, 0) is 0 Å². The van der Waals surface area contributed by atoms with Crippen molar-refractivity contribution in [1.82, 2.24) is 9.97 Å². The molecule has 1 aliphatic carbocycles. The third kappa shape index (κ3) is 4.87. The van der Waals surface area contributed by atoms with Gasteiger partial charge in [-0.05, 0) is 33.1 Å². The summed E-state index contributed by atoms with van der Waals surface area (Å²) in [6.45, 7) is 7.22. The fraction of sp³-hybridized carbons (Fsp3) is 0.765. The highest BCUT2D eigenvalue weighted by Crippen LogP contribution is 2.24. The van der Waals surface area contributed by atoms with Crippen LogP contribution in [0.15, 0.2) is 0 Å². The number of nitrogens with one attached hydrogen (secondary N) is 2. The maximum absolute atomic E-state index is 4.63. The van der Waals surface area contributed by atoms with Gasteiger partial charge in [-0.3, -0.25) is 0 Å². The van der Waals surface area contributed by atoms with Gasteiger partial charge in [0.15, 0.2) is 0 Å². The molecule has 1 aromatic rings. The summed E-state index contributed by atoms with van der Waals surface area (Å²) in [4.78, 5) is 9.16. The molecule has 2 rings (SSSR count). The molecule has 0 radical (unpaired) electrons. The Bertz CT molecular complexity index is 437. The number of aryl methyl sites for hydroxylation is 1. The second kappa shape index (κ2) is 8.20. The standard InChI is InChI=1S/C17H30N4/c1-4-12-18-16-13(2)17(20-14(3)19-16)21-15-10-8-6-5-7-9-11-15/h15H,4-12H2,1-3H3,(H2,18,19,20,21). The monoisotopic (exact) mass is 290 g/mol. The predicted molar refractivity (Wildman–Crippen MR) is 90.0 cm³/mol. The van der Waals surface area contributed by atoms with E-state index in [9.17, 15) is 0 Å². The van der Waals surface area contributed by atoms with Gasteiger partial charge in [-0.1, -0.05) is 39.0 Å². The summed E-state index contributed by atoms with van der Waals surface area (Å²) in [7, 11) is 0. The van der Waals surface area contributed by atoms with E-state index in [-0.39, 0.29) is 0 Å². The van der Waals surface area contributed by atoms with Crippen LogP contribution in [0.4, 0.5) is 11.6 Å². The van der Waals surface area contributed by atoms with E-state index < -0.39 is 0 Å². The van der Waals surface area contributed by atoms with E-state index in [2.05, 4.69) is 34.4 Å². The lowest BCUT2D eigenvalue weighted by molar-refractivity contribution is 0.470. The molecule has 21 heavy (non-hydrogen) atoms. The van der Waals surface area contributed by atoms with Crippen molar-refractivity contribution in [3.63, 3.8) is 0 Å². The molecule has 0 aromatic carbocycles. The average molecular weight is 290 g/mol. The molecule has 0 spiro atoms. The second-order valence-electron chi connectivity index (χ2n) is 6.21. The van der Waals surface area contributed by atoms with Gasteiger partial charge in [-0.25, -0.2) is 9.97 Å². The summed E-state index contributed by atoms with van der Waals surface area (Å²) in [5.74, 6) is 2.84. The summed E-state index contributed by atoms with van der Waals surface area (Å²) < 4.78 is 0. The summed E-state index contributed by atoms with van der Waals surface area (Å²) in [5, 5.41) is 7.10. The highest BCUT2D eigenvalue weighted by Gasteiger charge is 2.15. The summed E-state index contributed by atoms with van der Waals surface area (Å²) >= 11 is 0. The lowest BCUT2D eigenvalue weighted by Gasteiger charge is -2.23. The Morgan fingerprint density at radius 1 is 0.952 bits per heavy atom. The fourth-order valence-electron chi connectivity index (χ4n) is 2.98. The van der Waals surface area contributed by atoms with Crippen LogP contribution in [0.5, 0.6) is 0 Å². The average Bonchev–Trinajstić information content (AvgIpc) is 2.43. The van der Waals surface area contributed by atoms with Gasteiger partial charge in [-0.2, -0.15) is 0 Å². The Hall–Kier alpha value is -1.32. The van der Waals surface area contributed by atoms with E-state index in [0.717, 1.165) is 36.0 Å². The molecule has 118 valence electrons. The van der Waals surface area contributed by atoms with Crippen molar-refractivity contribution in [2.24, 2.45) is 0 Å². The minimum atomic E-state index is 0.567. The fourth-order valence-corrected chi connectivity index (χ4v) is 2.98. The molecule has 4 heteroatoms. The highest BCUT2D eigenvalue weighted by atomic mass is 15.1. The molecule has 0 saturated heterocycles. The molecule has 0 bridgehead atoms. The molecule has 2 N–H and O–H groups in total. The number of hydrogen-bond acceptors (Lipinski definition) is 4. The van der Waals surface area contributed by atoms with Gasteiger partial charge < -0.3 is 10.6 Å². The van der Waals surface area contributed by atoms with Crippen LogP contribution in [-0.4, -0.2) is 22.6 Å². The van der Waals surface area contributed by atoms with Gasteiger partial charge in [0.1, 0.15) is 17.5 Å². The first-order valence-electron chi connectivity index (χ1n) is 8.56. The van der Waals surface area contributed by atoms with Crippen LogP contribution < -0.4 is 10.6 Å². The topological polar surface area (TPSA) is 49.8 Å². The minimum absolute atomic E-state index is 0.567. The maximum Gasteiger partial charge on any atom is 0.134 e. The Labute approximate surface area is 129 Å². The van der Waals surface area contributed by atoms with E-state index in [0.29, 0.717) is 6.04 Å². The Morgan fingerprint density at radius 3 is 2.24 bits per heavy atom. The molecule has 4 nitrogen and oxygen atoms in total. The van der Waals surface area contributed by atoms with Gasteiger partial charge in [0.25, 0.3) is 0 Å². The molecule has 1 fully saturated rings. The molecule has 1 aromatic heterocycles. The molecular weight excluding hydrogens is 260 g/mol. The number of rotatable bonds is 5. The Balaban J connectivity index is 2.08. The number of anilines is 2. The van der Waals surface area contributed by atoms with Crippen LogP contribution in [0.2, 0.25) is 0 Å². The number of nitrogens with zero attached hydrogens (tertiary/aromatic N) is 2. The largest absolute Gasteiger partial charge is 0.370 e. The van der Waals surface area contributed by atoms with Crippen molar-refractivity contribution in [2.45, 2.75) is 78.2 Å². The van der Waals surface area contributed by atoms with Crippen LogP contribution in [0.1, 0.15) is 69.7 Å². The summed E-state index contributed by atoms with van der Waals surface area (Å²) in [5.41, 5.74) is 1.15. The van der Waals surface area contributed by atoms with E-state index in [1.165, 1.54) is 44.9 Å². The molecule has 1 saturated carbocycles. The van der Waals surface area contributed by atoms with Crippen molar-refractivity contribution in [1.29, 1.82) is 0 Å². The lowest BCUT2D eigenvalue weighted by Crippen LogP contribution is -2.22. The number of aromatic nitrogens is 2. The first kappa shape index (κ1) is 16.1. The van der Waals surface area contributed by atoms with E-state index >= 15 is 0 Å². The molecule has 0 unspecified atom stereocenters. The van der Waals surface area contributed by atoms with Crippen LogP contribution >= 0.6 is 0 Å². The van der Waals surface area contributed by atoms with E-state index in [1.54, 1.807) is 0 Å². The zero-order chi connectivity index (χ0) is 15.1. The van der Waals surface area contributed by atoms with E-state index in [4.69, 9.17) is 0 Å². The van der Waals surface area contributed by atoms with Crippen molar-refractivity contribution in [3.8, 4) is 0 Å². The minimum Gasteiger partial charge on any atom is -0.370 e. The summed E-state index contributed by atoms with van der Waals surface area (Å²) in [6, 6.07) is 0.567. The normalized spacial score (nSPS) is 17.1. The first-order valence-corrected chi connectivity index (χ1v) is 8.56. The third-order valence-electron chi connectivity index (χ3n) is 4.25. The van der Waals surface area contributed by atoms with Gasteiger partial charge in [0.2, 0.25) is 0 Å². The van der Waals surface area contributed by atoms with Gasteiger partial charge in [0, 0.05) is 18.2 Å². The van der Waals surface area contributed by atoms with Crippen LogP contribution in [0.3, 0.4) is 0 Å². The van der Waals surface area contributed by atoms with Crippen molar-refractivity contribution in [3.05, 3.63) is 11.4 Å². The lowest BCUT2D eigenvalue weighted by atomic mass is 9.96. The molecular formula is C17H30N4. The molecule has 1 heterocycles. The van der Waals surface area contributed by atoms with E-state index in [1.807, 2.05) is 6.92 Å². The first-order chi connectivity index (χ1) is 10.2. The second-order valence-corrected chi connectivity index (χ2v) is 6.21. The third-order valence-corrected chi connectivity index (χ3v) is 4.25. The van der Waals surface area contributed by atoms with Gasteiger partial charge in [0.05, 0.1) is 0 Å². The highest BCUT2D eigenvalue weighted by molar-refractivity contribution is 5.57. The van der Waals surface area contributed by atoms with Crippen molar-refractivity contribution < 1.29 is 0 Å². The van der Waals surface area contributed by atoms with Gasteiger partial charge >= 0.3 is 0 Å². The molecule has 0 amide bonds. The molecule has 1 aliphatic rings. The summed E-state index contributed by atoms with van der Waals surface area (Å²) in [6.07, 6.45) is 10.5. The van der Waals surface area contributed by atoms with Crippen molar-refractivity contribution >= 4 is 11.6 Å². The van der Waals surface area contributed by atoms with Gasteiger partial charge in [-0.15, -0.1) is 0 Å². The SMILES string of the molecule is CCCNc1nc(C)nc(NC2CCCCCCC2)c1C.